The SMILES string of the molecule is NC(=O)C1(NC(=O)[C@H](Cc2ccccc2)NC(=O)[C@@H](Cc2c[nH]c3ccccc23)NC(=O)[C@@H](Cc2csc3ccccc23)NC(=O)C23CNC[C@@H]2C3)CCNCC1. The summed E-state index contributed by atoms with van der Waals surface area (Å²) in [4.78, 5) is 73.3. The summed E-state index contributed by atoms with van der Waals surface area (Å²) in [6.07, 6.45) is 3.64. The molecule has 2 saturated heterocycles. The van der Waals surface area contributed by atoms with Gasteiger partial charge in [-0.2, -0.15) is 0 Å². The number of nitrogens with two attached hydrogens (primary N) is 1. The molecule has 2 aromatic heterocycles. The van der Waals surface area contributed by atoms with Crippen molar-refractivity contribution in [3.8, 4) is 0 Å². The second kappa shape index (κ2) is 16.1. The number of benzene rings is 3. The molecule has 3 aromatic carbocycles. The Morgan fingerprint density at radius 1 is 0.737 bits per heavy atom. The number of carbonyl (C=O) groups excluding carboxylic acids is 5. The van der Waals surface area contributed by atoms with Gasteiger partial charge in [-0.25, -0.2) is 0 Å². The molecule has 5 aromatic rings. The monoisotopic (exact) mass is 788 g/mol. The van der Waals surface area contributed by atoms with Crippen molar-refractivity contribution in [2.75, 3.05) is 26.2 Å². The fraction of sp³-hybridized carbons (Fsp3) is 0.372. The molecule has 2 aliphatic heterocycles. The Hall–Kier alpha value is -5.57. The number of thiophene rings is 1. The average molecular weight is 789 g/mol. The van der Waals surface area contributed by atoms with Gasteiger partial charge in [-0.15, -0.1) is 11.3 Å². The van der Waals surface area contributed by atoms with Crippen molar-refractivity contribution in [2.45, 2.75) is 62.2 Å². The van der Waals surface area contributed by atoms with Crippen LogP contribution in [0.5, 0.6) is 0 Å². The van der Waals surface area contributed by atoms with Gasteiger partial charge in [0.15, 0.2) is 0 Å². The molecule has 3 fully saturated rings. The third-order valence-corrected chi connectivity index (χ3v) is 13.1. The minimum atomic E-state index is -1.27. The molecule has 57 heavy (non-hydrogen) atoms. The maximum atomic E-state index is 14.6. The topological polar surface area (TPSA) is 199 Å². The number of primary amides is 1. The van der Waals surface area contributed by atoms with E-state index in [-0.39, 0.29) is 31.1 Å². The van der Waals surface area contributed by atoms with Gasteiger partial charge in [-0.1, -0.05) is 66.7 Å². The predicted octanol–water partition coefficient (Wildman–Crippen LogP) is 2.20. The summed E-state index contributed by atoms with van der Waals surface area (Å²) in [6, 6.07) is 21.7. The first-order valence-corrected chi connectivity index (χ1v) is 20.5. The number of amides is 5. The minimum Gasteiger partial charge on any atom is -0.368 e. The lowest BCUT2D eigenvalue weighted by atomic mass is 9.87. The number of nitrogens with one attached hydrogen (secondary N) is 7. The lowest BCUT2D eigenvalue weighted by molar-refractivity contribution is -0.136. The summed E-state index contributed by atoms with van der Waals surface area (Å²) in [5, 5.41) is 22.4. The van der Waals surface area contributed by atoms with Crippen molar-refractivity contribution in [2.24, 2.45) is 17.1 Å². The molecule has 1 saturated carbocycles. The number of para-hydroxylation sites is 1. The van der Waals surface area contributed by atoms with Crippen LogP contribution in [-0.4, -0.2) is 84.4 Å². The van der Waals surface area contributed by atoms with Gasteiger partial charge in [0.05, 0.1) is 5.41 Å². The minimum absolute atomic E-state index is 0.0934. The summed E-state index contributed by atoms with van der Waals surface area (Å²) in [7, 11) is 0. The van der Waals surface area contributed by atoms with E-state index in [1.807, 2.05) is 90.4 Å². The van der Waals surface area contributed by atoms with Crippen LogP contribution in [0.4, 0.5) is 0 Å². The maximum absolute atomic E-state index is 14.6. The zero-order valence-corrected chi connectivity index (χ0v) is 32.4. The van der Waals surface area contributed by atoms with E-state index < -0.39 is 52.7 Å². The fourth-order valence-corrected chi connectivity index (χ4v) is 9.53. The highest BCUT2D eigenvalue weighted by molar-refractivity contribution is 7.17. The standard InChI is InChI=1S/C43H48N8O5S/c44-40(55)43(14-16-45-17-15-43)51-39(54)33(18-26-8-2-1-3-9-26)48-37(52)34(19-27-22-47-32-12-6-4-10-30(27)32)49-38(53)35(50-41(56)42-21-29(42)23-46-25-42)20-28-24-57-36-13-7-5-11-31(28)36/h1-13,22,24,29,33-35,45-47H,14-21,23,25H2,(H2,44,55)(H,48,52)(H,49,53)(H,50,56)(H,51,54)/t29-,33-,34+,35+,42?/m0/s1. The smallest absolute Gasteiger partial charge is 0.243 e. The number of piperidine rings is 2. The number of fused-ring (bicyclic) bond motifs is 3. The molecule has 296 valence electrons. The van der Waals surface area contributed by atoms with Gasteiger partial charge in [-0.05, 0) is 84.4 Å². The number of aromatic nitrogens is 1. The Labute approximate surface area is 334 Å². The molecule has 8 rings (SSSR count). The van der Waals surface area contributed by atoms with Gasteiger partial charge in [0.1, 0.15) is 23.7 Å². The molecule has 1 unspecified atom stereocenters. The molecule has 3 aliphatic rings. The van der Waals surface area contributed by atoms with E-state index in [4.69, 9.17) is 5.73 Å². The van der Waals surface area contributed by atoms with Crippen LogP contribution < -0.4 is 37.6 Å². The van der Waals surface area contributed by atoms with Gasteiger partial charge in [0.25, 0.3) is 0 Å². The van der Waals surface area contributed by atoms with Crippen LogP contribution in [0.1, 0.15) is 36.0 Å². The van der Waals surface area contributed by atoms with E-state index in [2.05, 4.69) is 36.9 Å². The van der Waals surface area contributed by atoms with Gasteiger partial charge in [0, 0.05) is 47.6 Å². The van der Waals surface area contributed by atoms with Crippen molar-refractivity contribution in [1.29, 1.82) is 0 Å². The Morgan fingerprint density at radius 2 is 1.39 bits per heavy atom. The first-order chi connectivity index (χ1) is 27.6. The Morgan fingerprint density at radius 3 is 2.09 bits per heavy atom. The molecule has 0 radical (unpaired) electrons. The molecule has 1 aliphatic carbocycles. The number of aromatic amines is 1. The van der Waals surface area contributed by atoms with Crippen LogP contribution in [0, 0.1) is 11.3 Å². The number of carbonyl (C=O) groups is 5. The molecular formula is C43H48N8O5S. The van der Waals surface area contributed by atoms with E-state index >= 15 is 0 Å². The van der Waals surface area contributed by atoms with Crippen LogP contribution in [0.3, 0.4) is 0 Å². The van der Waals surface area contributed by atoms with Gasteiger partial charge in [-0.3, -0.25) is 24.0 Å². The van der Waals surface area contributed by atoms with Gasteiger partial charge in [0.2, 0.25) is 29.5 Å². The number of hydrogen-bond acceptors (Lipinski definition) is 8. The summed E-state index contributed by atoms with van der Waals surface area (Å²) in [5.41, 5.74) is 7.43. The number of hydrogen-bond donors (Lipinski definition) is 8. The quantitative estimate of drug-likeness (QED) is 0.0796. The zero-order valence-electron chi connectivity index (χ0n) is 31.6. The largest absolute Gasteiger partial charge is 0.368 e. The van der Waals surface area contributed by atoms with Gasteiger partial charge >= 0.3 is 0 Å². The third kappa shape index (κ3) is 8.02. The molecule has 5 atom stereocenters. The van der Waals surface area contributed by atoms with E-state index in [1.165, 1.54) is 0 Å². The Bertz CT molecular complexity index is 2300. The second-order valence-electron chi connectivity index (χ2n) is 15.7. The molecule has 4 heterocycles. The van der Waals surface area contributed by atoms with Crippen molar-refractivity contribution in [1.82, 2.24) is 36.9 Å². The number of rotatable bonds is 15. The summed E-state index contributed by atoms with van der Waals surface area (Å²) in [6.45, 7) is 2.31. The predicted molar refractivity (Wildman–Crippen MR) is 219 cm³/mol. The summed E-state index contributed by atoms with van der Waals surface area (Å²) >= 11 is 1.57. The fourth-order valence-electron chi connectivity index (χ4n) is 8.56. The first kappa shape index (κ1) is 38.3. The van der Waals surface area contributed by atoms with E-state index in [0.29, 0.717) is 32.5 Å². The van der Waals surface area contributed by atoms with E-state index in [1.54, 1.807) is 11.3 Å². The van der Waals surface area contributed by atoms with E-state index in [9.17, 15) is 24.0 Å². The second-order valence-corrected chi connectivity index (χ2v) is 16.6. The maximum Gasteiger partial charge on any atom is 0.243 e. The van der Waals surface area contributed by atoms with Crippen molar-refractivity contribution in [3.63, 3.8) is 0 Å². The molecule has 9 N–H and O–H groups in total. The Kier molecular flexibility index (Phi) is 10.8. The lowest BCUT2D eigenvalue weighted by Gasteiger charge is -2.36. The van der Waals surface area contributed by atoms with Crippen molar-refractivity contribution >= 4 is 61.9 Å². The van der Waals surface area contributed by atoms with E-state index in [0.717, 1.165) is 50.6 Å². The molecule has 13 nitrogen and oxygen atoms in total. The molecular weight excluding hydrogens is 741 g/mol. The lowest BCUT2D eigenvalue weighted by Crippen LogP contribution is -2.65. The summed E-state index contributed by atoms with van der Waals surface area (Å²) in [5.74, 6) is -2.23. The molecule has 0 spiro atoms. The van der Waals surface area contributed by atoms with Gasteiger partial charge < -0.3 is 42.6 Å². The van der Waals surface area contributed by atoms with Crippen LogP contribution >= 0.6 is 11.3 Å². The van der Waals surface area contributed by atoms with Crippen LogP contribution in [0.15, 0.2) is 90.4 Å². The first-order valence-electron chi connectivity index (χ1n) is 19.6. The molecule has 0 bridgehead atoms. The Balaban J connectivity index is 1.09. The highest BCUT2D eigenvalue weighted by atomic mass is 32.1. The zero-order chi connectivity index (χ0) is 39.6. The average Bonchev–Trinajstić information content (AvgIpc) is 3.51. The summed E-state index contributed by atoms with van der Waals surface area (Å²) < 4.78 is 1.07. The molecule has 5 amide bonds. The van der Waals surface area contributed by atoms with Crippen LogP contribution in [0.25, 0.3) is 21.0 Å². The van der Waals surface area contributed by atoms with Crippen molar-refractivity contribution in [3.05, 3.63) is 107 Å². The number of H-pyrrole nitrogens is 1. The highest BCUT2D eigenvalue weighted by Gasteiger charge is 2.62. The van der Waals surface area contributed by atoms with Crippen molar-refractivity contribution < 1.29 is 24.0 Å². The van der Waals surface area contributed by atoms with Crippen LogP contribution in [-0.2, 0) is 43.2 Å². The van der Waals surface area contributed by atoms with Crippen LogP contribution in [0.2, 0.25) is 0 Å². The molecule has 14 heteroatoms. The highest BCUT2D eigenvalue weighted by Crippen LogP contribution is 2.55. The normalized spacial score (nSPS) is 21.2. The third-order valence-electron chi connectivity index (χ3n) is 12.1.